The zero-order valence-electron chi connectivity index (χ0n) is 12.5. The number of rotatable bonds is 4. The van der Waals surface area contributed by atoms with Crippen molar-refractivity contribution in [3.05, 3.63) is 76.0 Å². The summed E-state index contributed by atoms with van der Waals surface area (Å²) in [6.45, 7) is 2.43. The molecule has 0 fully saturated rings. The van der Waals surface area contributed by atoms with Crippen molar-refractivity contribution in [2.24, 2.45) is 0 Å². The van der Waals surface area contributed by atoms with Crippen molar-refractivity contribution in [3.8, 4) is 0 Å². The van der Waals surface area contributed by atoms with Crippen molar-refractivity contribution in [3.63, 3.8) is 0 Å². The van der Waals surface area contributed by atoms with E-state index in [4.69, 9.17) is 0 Å². The predicted octanol–water partition coefficient (Wildman–Crippen LogP) is 3.65. The minimum Gasteiger partial charge on any atom is -0.319 e. The molecule has 0 aliphatic heterocycles. The Hall–Kier alpha value is -2.47. The fraction of sp³-hybridized carbons (Fsp3) is 0.118. The maximum Gasteiger partial charge on any atom is 0.278 e. The fourth-order valence-corrected chi connectivity index (χ4v) is 2.60. The number of benzene rings is 2. The first kappa shape index (κ1) is 15.4. The van der Waals surface area contributed by atoms with Gasteiger partial charge in [0.1, 0.15) is 0 Å². The van der Waals surface area contributed by atoms with E-state index in [1.807, 2.05) is 61.5 Å². The zero-order valence-corrected chi connectivity index (χ0v) is 14.1. The lowest BCUT2D eigenvalue weighted by Crippen LogP contribution is -2.14. The molecule has 2 aromatic carbocycles. The lowest BCUT2D eigenvalue weighted by molar-refractivity contribution is 0.102. The first-order valence-corrected chi connectivity index (χ1v) is 7.94. The number of hydrogen-bond donors (Lipinski definition) is 1. The molecular formula is C17H15BrN4O. The van der Waals surface area contributed by atoms with Gasteiger partial charge in [-0.2, -0.15) is 0 Å². The van der Waals surface area contributed by atoms with E-state index >= 15 is 0 Å². The number of amides is 1. The SMILES string of the molecule is Cc1c(C(=O)Nc2ccccc2Br)nnn1Cc1ccccc1. The fourth-order valence-electron chi connectivity index (χ4n) is 2.22. The molecule has 23 heavy (non-hydrogen) atoms. The van der Waals surface area contributed by atoms with Crippen LogP contribution in [-0.4, -0.2) is 20.9 Å². The molecule has 1 heterocycles. The van der Waals surface area contributed by atoms with Crippen LogP contribution in [0, 0.1) is 6.92 Å². The number of aromatic nitrogens is 3. The molecule has 0 atom stereocenters. The van der Waals surface area contributed by atoms with Gasteiger partial charge in [0.05, 0.1) is 17.9 Å². The van der Waals surface area contributed by atoms with E-state index in [0.29, 0.717) is 17.9 Å². The van der Waals surface area contributed by atoms with Crippen molar-refractivity contribution in [1.29, 1.82) is 0 Å². The van der Waals surface area contributed by atoms with Gasteiger partial charge in [-0.15, -0.1) is 5.10 Å². The largest absolute Gasteiger partial charge is 0.319 e. The molecule has 0 saturated carbocycles. The molecule has 5 nitrogen and oxygen atoms in total. The third-order valence-corrected chi connectivity index (χ3v) is 4.19. The van der Waals surface area contributed by atoms with Gasteiger partial charge in [-0.3, -0.25) is 4.79 Å². The van der Waals surface area contributed by atoms with Crippen molar-refractivity contribution < 1.29 is 4.79 Å². The maximum atomic E-state index is 12.4. The highest BCUT2D eigenvalue weighted by atomic mass is 79.9. The van der Waals surface area contributed by atoms with Crippen LogP contribution in [0.25, 0.3) is 0 Å². The van der Waals surface area contributed by atoms with E-state index in [0.717, 1.165) is 15.7 Å². The molecule has 3 aromatic rings. The summed E-state index contributed by atoms with van der Waals surface area (Å²) in [5.74, 6) is -0.270. The third kappa shape index (κ3) is 3.48. The molecule has 3 rings (SSSR count). The van der Waals surface area contributed by atoms with Crippen LogP contribution >= 0.6 is 15.9 Å². The van der Waals surface area contributed by atoms with Crippen molar-refractivity contribution in [2.45, 2.75) is 13.5 Å². The van der Waals surface area contributed by atoms with Crippen molar-refractivity contribution in [2.75, 3.05) is 5.32 Å². The highest BCUT2D eigenvalue weighted by molar-refractivity contribution is 9.10. The van der Waals surface area contributed by atoms with Crippen LogP contribution in [0.1, 0.15) is 21.7 Å². The Morgan fingerprint density at radius 2 is 1.83 bits per heavy atom. The summed E-state index contributed by atoms with van der Waals surface area (Å²) in [7, 11) is 0. The number of nitrogens with one attached hydrogen (secondary N) is 1. The van der Waals surface area contributed by atoms with Gasteiger partial charge >= 0.3 is 0 Å². The summed E-state index contributed by atoms with van der Waals surface area (Å²) in [5.41, 5.74) is 2.88. The number of carbonyl (C=O) groups is 1. The zero-order chi connectivity index (χ0) is 16.2. The molecule has 6 heteroatoms. The lowest BCUT2D eigenvalue weighted by Gasteiger charge is -2.06. The first-order chi connectivity index (χ1) is 11.1. The molecule has 1 N–H and O–H groups in total. The number of carbonyl (C=O) groups excluding carboxylic acids is 1. The van der Waals surface area contributed by atoms with Crippen LogP contribution in [0.4, 0.5) is 5.69 Å². The monoisotopic (exact) mass is 370 g/mol. The van der Waals surface area contributed by atoms with Crippen molar-refractivity contribution >= 4 is 27.5 Å². The molecule has 1 aromatic heterocycles. The van der Waals surface area contributed by atoms with Gasteiger partial charge in [-0.05, 0) is 40.5 Å². The standard InChI is InChI=1S/C17H15BrN4O/c1-12-16(17(23)19-15-10-6-5-9-14(15)18)20-21-22(12)11-13-7-3-2-4-8-13/h2-10H,11H2,1H3,(H,19,23). The summed E-state index contributed by atoms with van der Waals surface area (Å²) >= 11 is 3.41. The van der Waals surface area contributed by atoms with Gasteiger partial charge in [-0.1, -0.05) is 47.7 Å². The van der Waals surface area contributed by atoms with Gasteiger partial charge in [0.25, 0.3) is 5.91 Å². The van der Waals surface area contributed by atoms with E-state index in [9.17, 15) is 4.79 Å². The summed E-state index contributed by atoms with van der Waals surface area (Å²) in [4.78, 5) is 12.4. The Kier molecular flexibility index (Phi) is 4.52. The summed E-state index contributed by atoms with van der Waals surface area (Å²) in [5, 5.41) is 11.0. The topological polar surface area (TPSA) is 59.8 Å². The number of para-hydroxylation sites is 1. The molecule has 0 radical (unpaired) electrons. The summed E-state index contributed by atoms with van der Waals surface area (Å²) < 4.78 is 2.55. The van der Waals surface area contributed by atoms with E-state index in [1.54, 1.807) is 4.68 Å². The second kappa shape index (κ2) is 6.75. The lowest BCUT2D eigenvalue weighted by atomic mass is 10.2. The molecule has 1 amide bonds. The number of hydrogen-bond acceptors (Lipinski definition) is 3. The highest BCUT2D eigenvalue weighted by Gasteiger charge is 2.17. The Morgan fingerprint density at radius 3 is 2.57 bits per heavy atom. The maximum absolute atomic E-state index is 12.4. The number of halogens is 1. The van der Waals surface area contributed by atoms with E-state index in [2.05, 4.69) is 31.6 Å². The minimum absolute atomic E-state index is 0.270. The van der Waals surface area contributed by atoms with E-state index < -0.39 is 0 Å². The highest BCUT2D eigenvalue weighted by Crippen LogP contribution is 2.22. The van der Waals surface area contributed by atoms with Crippen molar-refractivity contribution in [1.82, 2.24) is 15.0 Å². The second-order valence-corrected chi connectivity index (χ2v) is 5.96. The average molecular weight is 371 g/mol. The third-order valence-electron chi connectivity index (χ3n) is 3.49. The van der Waals surface area contributed by atoms with Gasteiger partial charge < -0.3 is 5.32 Å². The van der Waals surface area contributed by atoms with Gasteiger partial charge in [-0.25, -0.2) is 4.68 Å². The smallest absolute Gasteiger partial charge is 0.278 e. The molecule has 0 spiro atoms. The predicted molar refractivity (Wildman–Crippen MR) is 92.4 cm³/mol. The van der Waals surface area contributed by atoms with Crippen LogP contribution < -0.4 is 5.32 Å². The number of nitrogens with zero attached hydrogens (tertiary/aromatic N) is 3. The molecule has 0 bridgehead atoms. The van der Waals surface area contributed by atoms with Gasteiger partial charge in [0.2, 0.25) is 0 Å². The van der Waals surface area contributed by atoms with Crippen LogP contribution in [0.2, 0.25) is 0 Å². The van der Waals surface area contributed by atoms with Crippen LogP contribution in [0.3, 0.4) is 0 Å². The molecule has 0 saturated heterocycles. The average Bonchev–Trinajstić information content (AvgIpc) is 2.92. The molecular weight excluding hydrogens is 356 g/mol. The van der Waals surface area contributed by atoms with E-state index in [-0.39, 0.29) is 5.91 Å². The summed E-state index contributed by atoms with van der Waals surface area (Å²) in [6, 6.07) is 17.4. The molecule has 0 aliphatic carbocycles. The molecule has 0 aliphatic rings. The summed E-state index contributed by atoms with van der Waals surface area (Å²) in [6.07, 6.45) is 0. The van der Waals surface area contributed by atoms with Gasteiger partial charge in [0, 0.05) is 4.47 Å². The van der Waals surface area contributed by atoms with Crippen LogP contribution in [0.15, 0.2) is 59.1 Å². The Morgan fingerprint density at radius 1 is 1.13 bits per heavy atom. The minimum atomic E-state index is -0.270. The Balaban J connectivity index is 1.79. The second-order valence-electron chi connectivity index (χ2n) is 5.10. The van der Waals surface area contributed by atoms with Crippen LogP contribution in [-0.2, 0) is 6.54 Å². The normalized spacial score (nSPS) is 10.5. The Bertz CT molecular complexity index is 830. The molecule has 116 valence electrons. The van der Waals surface area contributed by atoms with Gasteiger partial charge in [0.15, 0.2) is 5.69 Å². The number of anilines is 1. The van der Waals surface area contributed by atoms with Crippen LogP contribution in [0.5, 0.6) is 0 Å². The quantitative estimate of drug-likeness (QED) is 0.762. The first-order valence-electron chi connectivity index (χ1n) is 7.15. The Labute approximate surface area is 142 Å². The van der Waals surface area contributed by atoms with E-state index in [1.165, 1.54) is 0 Å². The molecule has 0 unspecified atom stereocenters.